The molecule has 3 nitrogen and oxygen atoms in total. The van der Waals surface area contributed by atoms with Gasteiger partial charge in [0.05, 0.1) is 11.3 Å². The first-order valence-electron chi connectivity index (χ1n) is 4.94. The second kappa shape index (κ2) is 5.70. The standard InChI is InChI=1S/C11H13F3N2O/c12-11(13,14)9-5-4-8(3-1-2-6-17)10(7-9)16-15/h1,3-5,7,16-17H,2,6,15H2. The maximum Gasteiger partial charge on any atom is 0.416 e. The summed E-state index contributed by atoms with van der Waals surface area (Å²) in [6, 6.07) is 3.25. The third-order valence-electron chi connectivity index (χ3n) is 2.13. The van der Waals surface area contributed by atoms with Gasteiger partial charge in [-0.05, 0) is 24.1 Å². The summed E-state index contributed by atoms with van der Waals surface area (Å²) in [5, 5.41) is 8.58. The Balaban J connectivity index is 3.01. The van der Waals surface area contributed by atoms with E-state index in [9.17, 15) is 13.2 Å². The summed E-state index contributed by atoms with van der Waals surface area (Å²) in [5.41, 5.74) is 2.19. The predicted octanol–water partition coefficient (Wildman–Crippen LogP) is 2.39. The number of nitrogen functional groups attached to an aromatic ring is 1. The lowest BCUT2D eigenvalue weighted by atomic mass is 10.1. The summed E-state index contributed by atoms with van der Waals surface area (Å²) in [7, 11) is 0. The fourth-order valence-electron chi connectivity index (χ4n) is 1.29. The first kappa shape index (κ1) is 13.5. The SMILES string of the molecule is NNc1cc(C(F)(F)F)ccc1C=CCCO. The maximum absolute atomic E-state index is 12.4. The number of nitrogens with two attached hydrogens (primary N) is 1. The fourth-order valence-corrected chi connectivity index (χ4v) is 1.29. The van der Waals surface area contributed by atoms with E-state index >= 15 is 0 Å². The van der Waals surface area contributed by atoms with E-state index in [1.54, 1.807) is 12.2 Å². The van der Waals surface area contributed by atoms with Gasteiger partial charge in [-0.2, -0.15) is 13.2 Å². The number of hydrazine groups is 1. The smallest absolute Gasteiger partial charge is 0.396 e. The van der Waals surface area contributed by atoms with Gasteiger partial charge in [0.2, 0.25) is 0 Å². The molecule has 0 radical (unpaired) electrons. The van der Waals surface area contributed by atoms with Crippen molar-refractivity contribution in [3.8, 4) is 0 Å². The van der Waals surface area contributed by atoms with Gasteiger partial charge in [0, 0.05) is 6.61 Å². The Hall–Kier alpha value is -1.53. The average molecular weight is 246 g/mol. The van der Waals surface area contributed by atoms with Gasteiger partial charge < -0.3 is 10.5 Å². The van der Waals surface area contributed by atoms with E-state index < -0.39 is 11.7 Å². The quantitative estimate of drug-likeness (QED) is 0.564. The summed E-state index contributed by atoms with van der Waals surface area (Å²) >= 11 is 0. The van der Waals surface area contributed by atoms with Crippen LogP contribution in [0.5, 0.6) is 0 Å². The van der Waals surface area contributed by atoms with E-state index in [2.05, 4.69) is 5.43 Å². The molecule has 6 heteroatoms. The van der Waals surface area contributed by atoms with Crippen molar-refractivity contribution in [2.75, 3.05) is 12.0 Å². The van der Waals surface area contributed by atoms with Crippen LogP contribution in [0.4, 0.5) is 18.9 Å². The zero-order valence-electron chi connectivity index (χ0n) is 8.96. The van der Waals surface area contributed by atoms with Crippen molar-refractivity contribution in [3.63, 3.8) is 0 Å². The molecule has 4 N–H and O–H groups in total. The second-order valence-corrected chi connectivity index (χ2v) is 3.36. The van der Waals surface area contributed by atoms with Crippen LogP contribution in [0.15, 0.2) is 24.3 Å². The van der Waals surface area contributed by atoms with Crippen molar-refractivity contribution in [2.24, 2.45) is 5.84 Å². The van der Waals surface area contributed by atoms with Gasteiger partial charge in [-0.25, -0.2) is 0 Å². The summed E-state index contributed by atoms with van der Waals surface area (Å²) < 4.78 is 37.3. The van der Waals surface area contributed by atoms with E-state index in [1.807, 2.05) is 0 Å². The minimum Gasteiger partial charge on any atom is -0.396 e. The highest BCUT2D eigenvalue weighted by Crippen LogP contribution is 2.32. The van der Waals surface area contributed by atoms with Crippen LogP contribution in [-0.2, 0) is 6.18 Å². The Morgan fingerprint density at radius 3 is 2.59 bits per heavy atom. The van der Waals surface area contributed by atoms with Gasteiger partial charge in [-0.1, -0.05) is 18.2 Å². The average Bonchev–Trinajstić information content (AvgIpc) is 2.28. The van der Waals surface area contributed by atoms with Crippen LogP contribution in [0.1, 0.15) is 17.5 Å². The molecule has 0 heterocycles. The highest BCUT2D eigenvalue weighted by molar-refractivity contribution is 5.67. The lowest BCUT2D eigenvalue weighted by molar-refractivity contribution is -0.137. The largest absolute Gasteiger partial charge is 0.416 e. The van der Waals surface area contributed by atoms with Crippen molar-refractivity contribution in [2.45, 2.75) is 12.6 Å². The zero-order valence-corrected chi connectivity index (χ0v) is 8.96. The molecular weight excluding hydrogens is 233 g/mol. The van der Waals surface area contributed by atoms with Gasteiger partial charge >= 0.3 is 6.18 Å². The van der Waals surface area contributed by atoms with E-state index in [0.29, 0.717) is 12.0 Å². The lowest BCUT2D eigenvalue weighted by Crippen LogP contribution is -2.11. The number of rotatable bonds is 4. The molecule has 94 valence electrons. The fraction of sp³-hybridized carbons (Fsp3) is 0.273. The van der Waals surface area contributed by atoms with Crippen LogP contribution in [-0.4, -0.2) is 11.7 Å². The third kappa shape index (κ3) is 3.76. The number of nitrogens with one attached hydrogen (secondary N) is 1. The van der Waals surface area contributed by atoms with Crippen LogP contribution < -0.4 is 11.3 Å². The Morgan fingerprint density at radius 2 is 2.06 bits per heavy atom. The first-order valence-corrected chi connectivity index (χ1v) is 4.94. The van der Waals surface area contributed by atoms with Gasteiger partial charge in [0.25, 0.3) is 0 Å². The summed E-state index contributed by atoms with van der Waals surface area (Å²) in [4.78, 5) is 0. The van der Waals surface area contributed by atoms with Crippen LogP contribution in [0.3, 0.4) is 0 Å². The number of anilines is 1. The van der Waals surface area contributed by atoms with E-state index in [0.717, 1.165) is 12.1 Å². The molecule has 0 bridgehead atoms. The maximum atomic E-state index is 12.4. The number of halogens is 3. The number of aliphatic hydroxyl groups excluding tert-OH is 1. The third-order valence-corrected chi connectivity index (χ3v) is 2.13. The monoisotopic (exact) mass is 246 g/mol. The molecule has 1 aromatic rings. The Bertz CT molecular complexity index is 402. The molecule has 0 saturated heterocycles. The summed E-state index contributed by atoms with van der Waals surface area (Å²) in [6.45, 7) is -0.0114. The molecule has 0 amide bonds. The molecule has 0 unspecified atom stereocenters. The Morgan fingerprint density at radius 1 is 1.35 bits per heavy atom. The molecule has 1 rings (SSSR count). The molecular formula is C11H13F3N2O. The molecule has 0 aliphatic carbocycles. The van der Waals surface area contributed by atoms with E-state index in [-0.39, 0.29) is 12.3 Å². The Kier molecular flexibility index (Phi) is 4.53. The molecule has 0 aromatic heterocycles. The topological polar surface area (TPSA) is 58.3 Å². The Labute approximate surface area is 96.7 Å². The molecule has 0 atom stereocenters. The number of alkyl halides is 3. The van der Waals surface area contributed by atoms with Crippen molar-refractivity contribution in [3.05, 3.63) is 35.4 Å². The van der Waals surface area contributed by atoms with Gasteiger partial charge in [-0.3, -0.25) is 5.84 Å². The first-order chi connectivity index (χ1) is 7.99. The lowest BCUT2D eigenvalue weighted by Gasteiger charge is -2.11. The van der Waals surface area contributed by atoms with E-state index in [1.165, 1.54) is 6.07 Å². The number of aliphatic hydroxyl groups is 1. The minimum absolute atomic E-state index is 0.0114. The highest BCUT2D eigenvalue weighted by Gasteiger charge is 2.30. The van der Waals surface area contributed by atoms with Crippen LogP contribution in [0.2, 0.25) is 0 Å². The molecule has 0 saturated carbocycles. The van der Waals surface area contributed by atoms with Crippen molar-refractivity contribution in [1.82, 2.24) is 0 Å². The van der Waals surface area contributed by atoms with E-state index in [4.69, 9.17) is 10.9 Å². The number of benzene rings is 1. The number of hydrogen-bond acceptors (Lipinski definition) is 3. The highest BCUT2D eigenvalue weighted by atomic mass is 19.4. The van der Waals surface area contributed by atoms with Gasteiger partial charge in [0.1, 0.15) is 0 Å². The normalized spacial score (nSPS) is 12.1. The molecule has 0 aliphatic rings. The molecule has 0 spiro atoms. The molecule has 0 fully saturated rings. The summed E-state index contributed by atoms with van der Waals surface area (Å²) in [6.07, 6.45) is -0.695. The summed E-state index contributed by atoms with van der Waals surface area (Å²) in [5.74, 6) is 5.17. The molecule has 0 aliphatic heterocycles. The minimum atomic E-state index is -4.39. The van der Waals surface area contributed by atoms with Crippen molar-refractivity contribution >= 4 is 11.8 Å². The van der Waals surface area contributed by atoms with Gasteiger partial charge in [-0.15, -0.1) is 0 Å². The number of hydrogen-bond donors (Lipinski definition) is 3. The zero-order chi connectivity index (χ0) is 12.9. The predicted molar refractivity (Wildman–Crippen MR) is 60.0 cm³/mol. The molecule has 17 heavy (non-hydrogen) atoms. The van der Waals surface area contributed by atoms with Gasteiger partial charge in [0.15, 0.2) is 0 Å². The second-order valence-electron chi connectivity index (χ2n) is 3.36. The van der Waals surface area contributed by atoms with Crippen LogP contribution in [0.25, 0.3) is 6.08 Å². The van der Waals surface area contributed by atoms with Crippen molar-refractivity contribution < 1.29 is 18.3 Å². The molecule has 1 aromatic carbocycles. The van der Waals surface area contributed by atoms with Crippen LogP contribution >= 0.6 is 0 Å². The van der Waals surface area contributed by atoms with Crippen molar-refractivity contribution in [1.29, 1.82) is 0 Å². The van der Waals surface area contributed by atoms with Crippen LogP contribution in [0, 0.1) is 0 Å².